The van der Waals surface area contributed by atoms with Gasteiger partial charge in [-0.2, -0.15) is 0 Å². The first-order valence-corrected chi connectivity index (χ1v) is 30.3. The van der Waals surface area contributed by atoms with Gasteiger partial charge < -0.3 is 39.9 Å². The number of halogens is 2. The molecule has 0 radical (unpaired) electrons. The summed E-state index contributed by atoms with van der Waals surface area (Å²) in [5.41, 5.74) is 10.5. The Hall–Kier alpha value is -6.84. The van der Waals surface area contributed by atoms with Gasteiger partial charge >= 0.3 is 12.2 Å². The SMILES string of the molecule is CC(C)C(NC(=O)OC(C)(C)CF)C(=O)N1C(c2nc3ccc(-c4cc5ccc4CCc4ccc(c(-c6ccc7nc(C8CC9CCCCC9N8C(=O)C(NC(=O)OC(C)(C)CF)C(C)C)[nH]c7c6)c4)CC5)cc3[nH]2)CC2CCCCC21. The number of benzene rings is 4. The van der Waals surface area contributed by atoms with E-state index >= 15 is 0 Å². The highest BCUT2D eigenvalue weighted by Crippen LogP contribution is 2.48. The summed E-state index contributed by atoms with van der Waals surface area (Å²) >= 11 is 0. The van der Waals surface area contributed by atoms with Gasteiger partial charge in [0.25, 0.3) is 0 Å². The van der Waals surface area contributed by atoms with Crippen molar-refractivity contribution >= 4 is 46.1 Å². The molecule has 2 saturated heterocycles. The fourth-order valence-electron chi connectivity index (χ4n) is 14.1. The Balaban J connectivity index is 0.830. The van der Waals surface area contributed by atoms with Crippen LogP contribution in [0.2, 0.25) is 0 Å². The van der Waals surface area contributed by atoms with Gasteiger partial charge in [0.15, 0.2) is 0 Å². The molecule has 4 heterocycles. The second-order valence-electron chi connectivity index (χ2n) is 26.2. The van der Waals surface area contributed by atoms with E-state index in [4.69, 9.17) is 19.4 Å². The van der Waals surface area contributed by atoms with Gasteiger partial charge in [0.05, 0.1) is 34.2 Å². The number of hydrogen-bond acceptors (Lipinski definition) is 8. The first-order chi connectivity index (χ1) is 39.3. The molecule has 2 aromatic heterocycles. The van der Waals surface area contributed by atoms with Crippen LogP contribution in [-0.2, 0) is 44.7 Å². The van der Waals surface area contributed by atoms with Crippen molar-refractivity contribution < 1.29 is 37.4 Å². The number of alkyl halides is 2. The molecule has 82 heavy (non-hydrogen) atoms. The Labute approximate surface area is 480 Å². The number of nitrogens with one attached hydrogen (secondary N) is 4. The lowest BCUT2D eigenvalue weighted by Gasteiger charge is -2.37. The fraction of sp³-hybridized carbons (Fsp3) is 0.545. The van der Waals surface area contributed by atoms with Crippen molar-refractivity contribution in [1.82, 2.24) is 40.4 Å². The number of aromatic amines is 2. The highest BCUT2D eigenvalue weighted by molar-refractivity contribution is 5.89. The molecule has 2 saturated carbocycles. The lowest BCUT2D eigenvalue weighted by Crippen LogP contribution is -2.54. The Kier molecular flexibility index (Phi) is 16.0. The fourth-order valence-corrected chi connectivity index (χ4v) is 14.1. The summed E-state index contributed by atoms with van der Waals surface area (Å²) in [5.74, 6) is 1.36. The third-order valence-electron chi connectivity index (χ3n) is 18.4. The Morgan fingerprint density at radius 1 is 0.573 bits per heavy atom. The number of likely N-dealkylation sites (tertiary alicyclic amines) is 2. The summed E-state index contributed by atoms with van der Waals surface area (Å²) in [6.45, 7) is 12.0. The van der Waals surface area contributed by atoms with Crippen LogP contribution in [0.1, 0.15) is 166 Å². The maximum Gasteiger partial charge on any atom is 0.408 e. The largest absolute Gasteiger partial charge is 0.441 e. The average molecular weight is 1120 g/mol. The van der Waals surface area contributed by atoms with Crippen LogP contribution in [0.15, 0.2) is 72.8 Å². The summed E-state index contributed by atoms with van der Waals surface area (Å²) in [7, 11) is 0. The topological polar surface area (TPSA) is 175 Å². The normalized spacial score (nSPS) is 22.7. The number of H-pyrrole nitrogens is 2. The van der Waals surface area contributed by atoms with E-state index < -0.39 is 48.8 Å². The number of carbonyl (C=O) groups is 4. The molecule has 4 bridgehead atoms. The lowest BCUT2D eigenvalue weighted by atomic mass is 9.84. The van der Waals surface area contributed by atoms with Gasteiger partial charge in [0.1, 0.15) is 48.3 Å². The highest BCUT2D eigenvalue weighted by Gasteiger charge is 2.50. The molecule has 6 aliphatic carbocycles. The zero-order valence-corrected chi connectivity index (χ0v) is 49.0. The third-order valence-corrected chi connectivity index (χ3v) is 18.4. The molecule has 4 amide bonds. The van der Waals surface area contributed by atoms with Crippen molar-refractivity contribution in [3.63, 3.8) is 0 Å². The predicted octanol–water partition coefficient (Wildman–Crippen LogP) is 13.3. The van der Waals surface area contributed by atoms with Crippen LogP contribution in [0.4, 0.5) is 18.4 Å². The number of ether oxygens (including phenoxy) is 2. The molecule has 8 atom stereocenters. The molecular weight excluding hydrogens is 1040 g/mol. The molecule has 4 aromatic carbocycles. The molecule has 0 spiro atoms. The smallest absolute Gasteiger partial charge is 0.408 e. The standard InChI is InChI=1S/C66H82F2N8O6/c1-37(2)57(73-63(79)81-65(5,6)35-67)61(77)75-53-15-11-9-13-45(53)33-55(75)59-69-49-27-25-43(31-51(49)71-59)47-29-39-17-21-41(47)23-19-40-18-22-42(24-20-39)48(30-40)44-26-28-50-52(32-44)72-60(70-50)56-34-46-14-10-12-16-54(46)76(56)62(78)58(38(3)4)74-64(80)82-66(7,8)36-68/h17-18,21-22,25-32,37-38,45-46,53-58H,9-16,19-20,23-24,33-36H2,1-8H3,(H,69,71)(H,70,72)(H,73,79)(H,74,80). The van der Waals surface area contributed by atoms with Crippen molar-refractivity contribution in [2.24, 2.45) is 23.7 Å². The maximum absolute atomic E-state index is 14.8. The highest BCUT2D eigenvalue weighted by atomic mass is 19.1. The van der Waals surface area contributed by atoms with Crippen molar-refractivity contribution in [1.29, 1.82) is 0 Å². The van der Waals surface area contributed by atoms with Crippen molar-refractivity contribution in [3.8, 4) is 22.3 Å². The zero-order chi connectivity index (χ0) is 57.8. The molecule has 8 aliphatic rings. The minimum absolute atomic E-state index is 0.0334. The lowest BCUT2D eigenvalue weighted by molar-refractivity contribution is -0.139. The monoisotopic (exact) mass is 1120 g/mol. The van der Waals surface area contributed by atoms with Crippen molar-refractivity contribution in [2.45, 2.75) is 193 Å². The van der Waals surface area contributed by atoms with Gasteiger partial charge in [0, 0.05) is 12.1 Å². The number of fused-ring (bicyclic) bond motifs is 4. The molecule has 8 unspecified atom stereocenters. The van der Waals surface area contributed by atoms with Crippen LogP contribution in [0.3, 0.4) is 0 Å². The molecule has 4 N–H and O–H groups in total. The number of imidazole rings is 2. The number of hydrogen-bond donors (Lipinski definition) is 4. The zero-order valence-electron chi connectivity index (χ0n) is 49.0. The van der Waals surface area contributed by atoms with Gasteiger partial charge in [-0.05, 0) is 184 Å². The van der Waals surface area contributed by atoms with Crippen LogP contribution >= 0.6 is 0 Å². The number of nitrogens with zero attached hydrogens (tertiary/aromatic N) is 4. The summed E-state index contributed by atoms with van der Waals surface area (Å²) in [4.78, 5) is 77.3. The molecule has 2 aliphatic heterocycles. The van der Waals surface area contributed by atoms with Crippen molar-refractivity contribution in [3.05, 3.63) is 107 Å². The summed E-state index contributed by atoms with van der Waals surface area (Å²) in [5, 5.41) is 5.62. The van der Waals surface area contributed by atoms with Crippen LogP contribution in [0, 0.1) is 23.7 Å². The van der Waals surface area contributed by atoms with Crippen molar-refractivity contribution in [2.75, 3.05) is 13.3 Å². The number of aryl methyl sites for hydroxylation is 4. The molecule has 6 aromatic rings. The number of rotatable bonds is 14. The Morgan fingerprint density at radius 2 is 0.976 bits per heavy atom. The Bertz CT molecular complexity index is 3150. The first-order valence-electron chi connectivity index (χ1n) is 30.3. The quantitative estimate of drug-likeness (QED) is 0.0834. The number of carbonyl (C=O) groups excluding carboxylic acids is 4. The van der Waals surface area contributed by atoms with Crippen LogP contribution in [-0.4, -0.2) is 102 Å². The average Bonchev–Trinajstić information content (AvgIpc) is 4.46. The van der Waals surface area contributed by atoms with E-state index in [2.05, 4.69) is 93.4 Å². The van der Waals surface area contributed by atoms with E-state index in [1.165, 1.54) is 61.1 Å². The molecular formula is C66H82F2N8O6. The molecule has 16 heteroatoms. The number of alkyl carbamates (subject to hydrolysis) is 2. The Morgan fingerprint density at radius 3 is 1.37 bits per heavy atom. The second-order valence-corrected chi connectivity index (χ2v) is 26.2. The minimum Gasteiger partial charge on any atom is -0.441 e. The van der Waals surface area contributed by atoms with E-state index in [1.807, 2.05) is 37.5 Å². The maximum atomic E-state index is 14.8. The van der Waals surface area contributed by atoms with Crippen LogP contribution in [0.25, 0.3) is 44.3 Å². The van der Waals surface area contributed by atoms with Crippen LogP contribution in [0.5, 0.6) is 0 Å². The van der Waals surface area contributed by atoms with Crippen LogP contribution < -0.4 is 10.6 Å². The molecule has 436 valence electrons. The van der Waals surface area contributed by atoms with E-state index in [-0.39, 0.29) is 47.8 Å². The number of aromatic nitrogens is 4. The molecule has 4 fully saturated rings. The molecule has 14 rings (SSSR count). The summed E-state index contributed by atoms with van der Waals surface area (Å²) in [6.07, 6.45) is 11.5. The van der Waals surface area contributed by atoms with Gasteiger partial charge in [0.2, 0.25) is 11.8 Å². The van der Waals surface area contributed by atoms with E-state index in [9.17, 15) is 28.0 Å². The third kappa shape index (κ3) is 11.6. The second kappa shape index (κ2) is 23.1. The van der Waals surface area contributed by atoms with Gasteiger partial charge in [-0.1, -0.05) is 102 Å². The van der Waals surface area contributed by atoms with E-state index in [0.29, 0.717) is 11.8 Å². The van der Waals surface area contributed by atoms with Gasteiger partial charge in [-0.3, -0.25) is 9.59 Å². The van der Waals surface area contributed by atoms with Gasteiger partial charge in [-0.25, -0.2) is 28.3 Å². The predicted molar refractivity (Wildman–Crippen MR) is 314 cm³/mol. The first kappa shape index (κ1) is 57.0. The summed E-state index contributed by atoms with van der Waals surface area (Å²) < 4.78 is 38.1. The van der Waals surface area contributed by atoms with Gasteiger partial charge in [-0.15, -0.1) is 0 Å². The number of amides is 4. The van der Waals surface area contributed by atoms with E-state index in [0.717, 1.165) is 135 Å². The molecule has 14 nitrogen and oxygen atoms in total. The van der Waals surface area contributed by atoms with E-state index in [1.54, 1.807) is 0 Å². The minimum atomic E-state index is -1.31. The summed E-state index contributed by atoms with van der Waals surface area (Å²) in [6, 6.07) is 24.5.